The predicted molar refractivity (Wildman–Crippen MR) is 164 cm³/mol. The first-order chi connectivity index (χ1) is 18.9. The number of thiophene rings is 1. The average Bonchev–Trinajstić information content (AvgIpc) is 3.56. The monoisotopic (exact) mass is 500 g/mol. The van der Waals surface area contributed by atoms with Crippen LogP contribution in [0.4, 0.5) is 0 Å². The molecule has 0 radical (unpaired) electrons. The minimum atomic E-state index is 0.947. The van der Waals surface area contributed by atoms with Crippen molar-refractivity contribution >= 4 is 85.6 Å². The second-order valence-electron chi connectivity index (χ2n) is 9.91. The molecule has 6 aromatic carbocycles. The van der Waals surface area contributed by atoms with Crippen LogP contribution in [0.3, 0.4) is 0 Å². The Kier molecular flexibility index (Phi) is 3.96. The van der Waals surface area contributed by atoms with E-state index in [2.05, 4.69) is 114 Å². The Hall–Kier alpha value is -4.73. The fraction of sp³-hybridized carbons (Fsp3) is 0. The number of nitrogens with zero attached hydrogens (tertiary/aromatic N) is 2. The lowest BCUT2D eigenvalue weighted by Crippen LogP contribution is -1.96. The molecule has 0 spiro atoms. The summed E-state index contributed by atoms with van der Waals surface area (Å²) in [5.74, 6) is 0.947. The topological polar surface area (TPSA) is 17.8 Å². The molecule has 3 heterocycles. The molecule has 176 valence electrons. The van der Waals surface area contributed by atoms with Crippen molar-refractivity contribution in [3.63, 3.8) is 0 Å². The molecule has 0 aliphatic carbocycles. The van der Waals surface area contributed by atoms with Crippen molar-refractivity contribution in [3.8, 4) is 5.82 Å². The number of hydrogen-bond donors (Lipinski definition) is 0. The summed E-state index contributed by atoms with van der Waals surface area (Å²) < 4.78 is 5.04. The number of fused-ring (bicyclic) bond motifs is 15. The molecule has 0 aliphatic rings. The van der Waals surface area contributed by atoms with Crippen molar-refractivity contribution in [3.05, 3.63) is 121 Å². The average molecular weight is 501 g/mol. The molecular formula is C35H20N2S. The van der Waals surface area contributed by atoms with E-state index >= 15 is 0 Å². The standard InChI is InChI=1S/C35H20N2S/c1-3-13-23-21(11-1)22-12-2-6-16-26(22)34-31(23)32-25-15-5-4-14-24(25)30-27-17-7-8-18-28(27)37(33(30)35(32)38-34)29-19-9-10-20-36-29/h1-20H. The molecule has 0 aliphatic heterocycles. The van der Waals surface area contributed by atoms with Gasteiger partial charge in [0.15, 0.2) is 0 Å². The van der Waals surface area contributed by atoms with Crippen LogP contribution in [0.5, 0.6) is 0 Å². The van der Waals surface area contributed by atoms with Crippen molar-refractivity contribution in [1.29, 1.82) is 0 Å². The molecule has 2 nitrogen and oxygen atoms in total. The fourth-order valence-electron chi connectivity index (χ4n) is 6.52. The van der Waals surface area contributed by atoms with Crippen LogP contribution in [0.25, 0.3) is 80.1 Å². The van der Waals surface area contributed by atoms with Gasteiger partial charge in [0.1, 0.15) is 5.82 Å². The predicted octanol–water partition coefficient (Wildman–Crippen LogP) is 10.0. The molecule has 0 fully saturated rings. The van der Waals surface area contributed by atoms with E-state index in [9.17, 15) is 0 Å². The number of pyridine rings is 1. The van der Waals surface area contributed by atoms with Gasteiger partial charge in [-0.3, -0.25) is 4.57 Å². The van der Waals surface area contributed by atoms with Crippen LogP contribution in [-0.4, -0.2) is 9.55 Å². The van der Waals surface area contributed by atoms with Crippen LogP contribution in [0.15, 0.2) is 121 Å². The molecule has 0 saturated carbocycles. The normalized spacial score (nSPS) is 12.2. The molecule has 9 rings (SSSR count). The Morgan fingerprint density at radius 2 is 0.974 bits per heavy atom. The van der Waals surface area contributed by atoms with Gasteiger partial charge in [0.05, 0.1) is 15.7 Å². The highest BCUT2D eigenvalue weighted by molar-refractivity contribution is 7.28. The second-order valence-corrected chi connectivity index (χ2v) is 10.9. The van der Waals surface area contributed by atoms with Crippen LogP contribution >= 0.6 is 11.3 Å². The Morgan fingerprint density at radius 3 is 1.68 bits per heavy atom. The van der Waals surface area contributed by atoms with Gasteiger partial charge >= 0.3 is 0 Å². The second kappa shape index (κ2) is 7.41. The van der Waals surface area contributed by atoms with Gasteiger partial charge in [0.25, 0.3) is 0 Å². The van der Waals surface area contributed by atoms with Gasteiger partial charge in [-0.15, -0.1) is 11.3 Å². The quantitative estimate of drug-likeness (QED) is 0.205. The molecule has 38 heavy (non-hydrogen) atoms. The first-order valence-electron chi connectivity index (χ1n) is 12.9. The Bertz CT molecular complexity index is 2390. The highest BCUT2D eigenvalue weighted by Gasteiger charge is 2.23. The lowest BCUT2D eigenvalue weighted by Gasteiger charge is -2.10. The summed E-state index contributed by atoms with van der Waals surface area (Å²) in [5.41, 5.74) is 2.43. The van der Waals surface area contributed by atoms with E-state index in [0.717, 1.165) is 5.82 Å². The third-order valence-electron chi connectivity index (χ3n) is 8.00. The number of para-hydroxylation sites is 1. The summed E-state index contributed by atoms with van der Waals surface area (Å²) in [6.45, 7) is 0. The summed E-state index contributed by atoms with van der Waals surface area (Å²) in [6, 6.07) is 41.6. The Labute approximate surface area is 222 Å². The van der Waals surface area contributed by atoms with Crippen molar-refractivity contribution in [2.75, 3.05) is 0 Å². The fourth-order valence-corrected chi connectivity index (χ4v) is 7.93. The highest BCUT2D eigenvalue weighted by Crippen LogP contribution is 2.51. The smallest absolute Gasteiger partial charge is 0.137 e. The van der Waals surface area contributed by atoms with Crippen molar-refractivity contribution in [2.45, 2.75) is 0 Å². The minimum absolute atomic E-state index is 0.947. The zero-order chi connectivity index (χ0) is 24.8. The van der Waals surface area contributed by atoms with E-state index in [1.165, 1.54) is 74.3 Å². The first kappa shape index (κ1) is 20.3. The van der Waals surface area contributed by atoms with Gasteiger partial charge in [0.2, 0.25) is 0 Å². The van der Waals surface area contributed by atoms with E-state index in [1.807, 2.05) is 23.6 Å². The number of benzene rings is 6. The summed E-state index contributed by atoms with van der Waals surface area (Å²) in [7, 11) is 0. The van der Waals surface area contributed by atoms with Gasteiger partial charge in [0, 0.05) is 37.8 Å². The molecule has 0 unspecified atom stereocenters. The van der Waals surface area contributed by atoms with Crippen LogP contribution in [0.1, 0.15) is 0 Å². The summed E-state index contributed by atoms with van der Waals surface area (Å²) in [4.78, 5) is 4.83. The van der Waals surface area contributed by atoms with E-state index in [4.69, 9.17) is 4.98 Å². The van der Waals surface area contributed by atoms with E-state index in [-0.39, 0.29) is 0 Å². The van der Waals surface area contributed by atoms with E-state index < -0.39 is 0 Å². The van der Waals surface area contributed by atoms with Gasteiger partial charge in [-0.1, -0.05) is 97.1 Å². The van der Waals surface area contributed by atoms with E-state index in [1.54, 1.807) is 0 Å². The SMILES string of the molecule is c1ccc(-n2c3ccccc3c3c4ccccc4c4c(sc5c6ccccc6c6ccccc6c54)c32)nc1. The van der Waals surface area contributed by atoms with Crippen LogP contribution in [0, 0.1) is 0 Å². The van der Waals surface area contributed by atoms with Gasteiger partial charge in [-0.05, 0) is 45.1 Å². The first-order valence-corrected chi connectivity index (χ1v) is 13.7. The Balaban J connectivity index is 1.68. The molecule has 0 saturated heterocycles. The van der Waals surface area contributed by atoms with Gasteiger partial charge in [-0.25, -0.2) is 4.98 Å². The molecule has 9 aromatic rings. The van der Waals surface area contributed by atoms with E-state index in [0.29, 0.717) is 0 Å². The molecule has 0 amide bonds. The van der Waals surface area contributed by atoms with Gasteiger partial charge in [-0.2, -0.15) is 0 Å². The maximum Gasteiger partial charge on any atom is 0.137 e. The number of hydrogen-bond acceptors (Lipinski definition) is 2. The third kappa shape index (κ3) is 2.49. The molecule has 0 bridgehead atoms. The number of aromatic nitrogens is 2. The summed E-state index contributed by atoms with van der Waals surface area (Å²) in [6.07, 6.45) is 1.89. The number of rotatable bonds is 1. The lowest BCUT2D eigenvalue weighted by atomic mass is 9.94. The van der Waals surface area contributed by atoms with Crippen molar-refractivity contribution in [1.82, 2.24) is 9.55 Å². The summed E-state index contributed by atoms with van der Waals surface area (Å²) >= 11 is 1.93. The van der Waals surface area contributed by atoms with Crippen LogP contribution in [0.2, 0.25) is 0 Å². The summed E-state index contributed by atoms with van der Waals surface area (Å²) in [5, 5.41) is 13.1. The minimum Gasteiger partial charge on any atom is -0.292 e. The third-order valence-corrected chi connectivity index (χ3v) is 9.23. The zero-order valence-electron chi connectivity index (χ0n) is 20.3. The lowest BCUT2D eigenvalue weighted by molar-refractivity contribution is 1.08. The largest absolute Gasteiger partial charge is 0.292 e. The van der Waals surface area contributed by atoms with Crippen molar-refractivity contribution in [2.24, 2.45) is 0 Å². The molecule has 0 atom stereocenters. The van der Waals surface area contributed by atoms with Gasteiger partial charge < -0.3 is 0 Å². The van der Waals surface area contributed by atoms with Crippen LogP contribution in [-0.2, 0) is 0 Å². The van der Waals surface area contributed by atoms with Crippen molar-refractivity contribution < 1.29 is 0 Å². The molecule has 0 N–H and O–H groups in total. The zero-order valence-corrected chi connectivity index (χ0v) is 21.2. The molecule has 3 aromatic heterocycles. The van der Waals surface area contributed by atoms with Crippen LogP contribution < -0.4 is 0 Å². The maximum absolute atomic E-state index is 4.83. The maximum atomic E-state index is 4.83. The molecular weight excluding hydrogens is 480 g/mol. The molecule has 3 heteroatoms. The highest BCUT2D eigenvalue weighted by atomic mass is 32.1. The Morgan fingerprint density at radius 1 is 0.447 bits per heavy atom.